The minimum absolute atomic E-state index is 0.736. The van der Waals surface area contributed by atoms with Gasteiger partial charge in [-0.3, -0.25) is 0 Å². The molecule has 0 spiro atoms. The molecule has 0 radical (unpaired) electrons. The number of rotatable bonds is 3. The lowest BCUT2D eigenvalue weighted by atomic mass is 9.87. The SMILES string of the molecule is c1ccc(-c2c(-c3ccc4cccnc4n3)ccc3cc4ccccc4cc23)c(-c2ccc3cccnc3n2)c1. The van der Waals surface area contributed by atoms with Gasteiger partial charge in [0.15, 0.2) is 11.3 Å². The molecular weight excluding hydrogens is 488 g/mol. The quantitative estimate of drug-likeness (QED) is 0.223. The molecule has 0 amide bonds. The van der Waals surface area contributed by atoms with Crippen LogP contribution in [0.3, 0.4) is 0 Å². The third kappa shape index (κ3) is 3.69. The lowest BCUT2D eigenvalue weighted by molar-refractivity contribution is 1.28. The number of benzene rings is 4. The van der Waals surface area contributed by atoms with Gasteiger partial charge in [0, 0.05) is 34.3 Å². The first-order valence-electron chi connectivity index (χ1n) is 13.3. The van der Waals surface area contributed by atoms with Gasteiger partial charge in [0.2, 0.25) is 0 Å². The van der Waals surface area contributed by atoms with Crippen molar-refractivity contribution in [3.63, 3.8) is 0 Å². The molecule has 4 heterocycles. The van der Waals surface area contributed by atoms with E-state index in [0.29, 0.717) is 0 Å². The fourth-order valence-corrected chi connectivity index (χ4v) is 5.65. The van der Waals surface area contributed by atoms with Crippen LogP contribution < -0.4 is 0 Å². The van der Waals surface area contributed by atoms with Crippen LogP contribution in [0, 0.1) is 0 Å². The molecule has 0 aliphatic heterocycles. The smallest absolute Gasteiger partial charge is 0.159 e. The summed E-state index contributed by atoms with van der Waals surface area (Å²) in [5.41, 5.74) is 7.59. The van der Waals surface area contributed by atoms with E-state index in [0.717, 1.165) is 55.7 Å². The van der Waals surface area contributed by atoms with Crippen LogP contribution in [0.15, 0.2) is 134 Å². The molecule has 0 aliphatic carbocycles. The summed E-state index contributed by atoms with van der Waals surface area (Å²) in [7, 11) is 0. The van der Waals surface area contributed by atoms with Crippen molar-refractivity contribution in [2.45, 2.75) is 0 Å². The van der Waals surface area contributed by atoms with Crippen molar-refractivity contribution in [3.05, 3.63) is 134 Å². The van der Waals surface area contributed by atoms with Gasteiger partial charge in [0.1, 0.15) is 0 Å². The Morgan fingerprint density at radius 1 is 0.375 bits per heavy atom. The van der Waals surface area contributed by atoms with Gasteiger partial charge >= 0.3 is 0 Å². The molecule has 0 saturated carbocycles. The molecular formula is C36H22N4. The van der Waals surface area contributed by atoms with Crippen molar-refractivity contribution >= 4 is 43.6 Å². The molecule has 4 heteroatoms. The summed E-state index contributed by atoms with van der Waals surface area (Å²) >= 11 is 0. The largest absolute Gasteiger partial charge is 0.237 e. The third-order valence-electron chi connectivity index (χ3n) is 7.56. The molecule has 0 atom stereocenters. The van der Waals surface area contributed by atoms with Crippen LogP contribution in [0.1, 0.15) is 0 Å². The van der Waals surface area contributed by atoms with E-state index in [1.165, 1.54) is 21.5 Å². The zero-order valence-corrected chi connectivity index (χ0v) is 21.5. The fourth-order valence-electron chi connectivity index (χ4n) is 5.65. The van der Waals surface area contributed by atoms with Crippen LogP contribution in [0.25, 0.3) is 77.3 Å². The highest BCUT2D eigenvalue weighted by atomic mass is 14.8. The number of hydrogen-bond donors (Lipinski definition) is 0. The van der Waals surface area contributed by atoms with Crippen molar-refractivity contribution in [1.29, 1.82) is 0 Å². The van der Waals surface area contributed by atoms with Crippen molar-refractivity contribution in [2.75, 3.05) is 0 Å². The Labute approximate surface area is 230 Å². The molecule has 0 saturated heterocycles. The average Bonchev–Trinajstić information content (AvgIpc) is 3.03. The van der Waals surface area contributed by atoms with Gasteiger partial charge in [-0.1, -0.05) is 60.7 Å². The van der Waals surface area contributed by atoms with Crippen LogP contribution >= 0.6 is 0 Å². The minimum Gasteiger partial charge on any atom is -0.237 e. The molecule has 0 fully saturated rings. The number of aromatic nitrogens is 4. The average molecular weight is 511 g/mol. The van der Waals surface area contributed by atoms with Gasteiger partial charge in [-0.15, -0.1) is 0 Å². The molecule has 8 rings (SSSR count). The fraction of sp³-hybridized carbons (Fsp3) is 0. The molecule has 4 nitrogen and oxygen atoms in total. The monoisotopic (exact) mass is 510 g/mol. The predicted molar refractivity (Wildman–Crippen MR) is 164 cm³/mol. The van der Waals surface area contributed by atoms with Gasteiger partial charge in [0.05, 0.1) is 11.4 Å². The maximum atomic E-state index is 5.01. The van der Waals surface area contributed by atoms with Crippen LogP contribution in [-0.4, -0.2) is 19.9 Å². The summed E-state index contributed by atoms with van der Waals surface area (Å²) in [5.74, 6) is 0. The van der Waals surface area contributed by atoms with Crippen LogP contribution in [0.5, 0.6) is 0 Å². The zero-order valence-electron chi connectivity index (χ0n) is 21.5. The summed E-state index contributed by atoms with van der Waals surface area (Å²) in [5, 5.41) is 6.82. The summed E-state index contributed by atoms with van der Waals surface area (Å²) in [4.78, 5) is 19.0. The number of pyridine rings is 4. The van der Waals surface area contributed by atoms with Crippen molar-refractivity contribution in [1.82, 2.24) is 19.9 Å². The summed E-state index contributed by atoms with van der Waals surface area (Å²) < 4.78 is 0. The van der Waals surface area contributed by atoms with Gasteiger partial charge in [-0.05, 0) is 93.3 Å². The first kappa shape index (κ1) is 22.5. The Morgan fingerprint density at radius 3 is 1.62 bits per heavy atom. The molecule has 0 bridgehead atoms. The van der Waals surface area contributed by atoms with E-state index in [1.54, 1.807) is 12.4 Å². The number of hydrogen-bond acceptors (Lipinski definition) is 4. The minimum atomic E-state index is 0.736. The second-order valence-corrected chi connectivity index (χ2v) is 9.95. The van der Waals surface area contributed by atoms with E-state index in [2.05, 4.69) is 107 Å². The standard InChI is InChI=1S/C36H22N4/c1-2-8-26-22-31-27(21-25(26)7-1)13-16-30(33-18-15-24-10-6-20-38-36(24)40-33)34(31)29-12-4-3-11-28(29)32-17-14-23-9-5-19-37-35(23)39-32/h1-22H. The van der Waals surface area contributed by atoms with E-state index < -0.39 is 0 Å². The molecule has 0 aliphatic rings. The second-order valence-electron chi connectivity index (χ2n) is 9.95. The van der Waals surface area contributed by atoms with Crippen LogP contribution in [-0.2, 0) is 0 Å². The predicted octanol–water partition coefficient (Wildman–Crippen LogP) is 8.88. The second kappa shape index (κ2) is 9.07. The van der Waals surface area contributed by atoms with Crippen LogP contribution in [0.4, 0.5) is 0 Å². The van der Waals surface area contributed by atoms with Crippen molar-refractivity contribution in [3.8, 4) is 33.6 Å². The highest BCUT2D eigenvalue weighted by Gasteiger charge is 2.18. The van der Waals surface area contributed by atoms with Crippen molar-refractivity contribution < 1.29 is 0 Å². The molecule has 4 aromatic heterocycles. The Balaban J connectivity index is 1.46. The Kier molecular flexibility index (Phi) is 5.10. The zero-order chi connectivity index (χ0) is 26.5. The highest BCUT2D eigenvalue weighted by molar-refractivity contribution is 6.11. The van der Waals surface area contributed by atoms with E-state index in [9.17, 15) is 0 Å². The third-order valence-corrected chi connectivity index (χ3v) is 7.56. The van der Waals surface area contributed by atoms with Crippen LogP contribution in [0.2, 0.25) is 0 Å². The van der Waals surface area contributed by atoms with Gasteiger partial charge in [-0.2, -0.15) is 0 Å². The molecule has 0 N–H and O–H groups in total. The Bertz CT molecular complexity index is 2240. The van der Waals surface area contributed by atoms with E-state index in [-0.39, 0.29) is 0 Å². The first-order chi connectivity index (χ1) is 19.8. The molecule has 0 unspecified atom stereocenters. The Hall–Kier alpha value is -5.48. The van der Waals surface area contributed by atoms with E-state index in [1.807, 2.05) is 24.3 Å². The van der Waals surface area contributed by atoms with E-state index >= 15 is 0 Å². The number of nitrogens with zero attached hydrogens (tertiary/aromatic N) is 4. The van der Waals surface area contributed by atoms with E-state index in [4.69, 9.17) is 9.97 Å². The summed E-state index contributed by atoms with van der Waals surface area (Å²) in [6.45, 7) is 0. The highest BCUT2D eigenvalue weighted by Crippen LogP contribution is 2.43. The molecule has 4 aromatic carbocycles. The number of fused-ring (bicyclic) bond motifs is 4. The molecule has 186 valence electrons. The van der Waals surface area contributed by atoms with Gasteiger partial charge < -0.3 is 0 Å². The topological polar surface area (TPSA) is 51.6 Å². The van der Waals surface area contributed by atoms with Crippen molar-refractivity contribution in [2.24, 2.45) is 0 Å². The maximum Gasteiger partial charge on any atom is 0.159 e. The normalized spacial score (nSPS) is 11.5. The lowest BCUT2D eigenvalue weighted by Crippen LogP contribution is -1.95. The summed E-state index contributed by atoms with van der Waals surface area (Å²) in [6.07, 6.45) is 3.58. The van der Waals surface area contributed by atoms with Gasteiger partial charge in [0.25, 0.3) is 0 Å². The molecule has 8 aromatic rings. The summed E-state index contributed by atoms with van der Waals surface area (Å²) in [6, 6.07) is 42.3. The Morgan fingerprint density at radius 2 is 0.925 bits per heavy atom. The molecule has 40 heavy (non-hydrogen) atoms. The maximum absolute atomic E-state index is 5.01. The first-order valence-corrected chi connectivity index (χ1v) is 13.3. The van der Waals surface area contributed by atoms with Gasteiger partial charge in [-0.25, -0.2) is 19.9 Å². The lowest BCUT2D eigenvalue weighted by Gasteiger charge is -2.18.